The van der Waals surface area contributed by atoms with Crippen LogP contribution in [0.1, 0.15) is 11.1 Å². The molecule has 17 heavy (non-hydrogen) atoms. The van der Waals surface area contributed by atoms with Gasteiger partial charge in [-0.2, -0.15) is 0 Å². The third-order valence-corrected chi connectivity index (χ3v) is 3.02. The first-order chi connectivity index (χ1) is 8.25. The van der Waals surface area contributed by atoms with Gasteiger partial charge in [-0.25, -0.2) is 0 Å². The van der Waals surface area contributed by atoms with Gasteiger partial charge in [0.25, 0.3) is 0 Å². The largest absolute Gasteiger partial charge is 0.374 e. The molecule has 0 amide bonds. The van der Waals surface area contributed by atoms with E-state index in [1.807, 2.05) is 12.1 Å². The summed E-state index contributed by atoms with van der Waals surface area (Å²) in [4.78, 5) is 0.817. The third-order valence-electron chi connectivity index (χ3n) is 2.64. The molecule has 0 aliphatic carbocycles. The van der Waals surface area contributed by atoms with Crippen LogP contribution in [0.5, 0.6) is 0 Å². The molecule has 3 heteroatoms. The first-order valence-electron chi connectivity index (χ1n) is 5.71. The predicted molar refractivity (Wildman–Crippen MR) is 75.3 cm³/mol. The Bertz CT molecular complexity index is 471. The Hall–Kier alpha value is -1.61. The van der Waals surface area contributed by atoms with E-state index in [1.54, 1.807) is 0 Å². The van der Waals surface area contributed by atoms with E-state index in [-0.39, 0.29) is 0 Å². The van der Waals surface area contributed by atoms with Crippen molar-refractivity contribution in [2.45, 2.75) is 13.5 Å². The highest BCUT2D eigenvalue weighted by Crippen LogP contribution is 2.03. The van der Waals surface area contributed by atoms with Crippen LogP contribution in [0.15, 0.2) is 48.8 Å². The number of benzene rings is 1. The second kappa shape index (κ2) is 5.64. The van der Waals surface area contributed by atoms with Gasteiger partial charge in [-0.15, -0.1) is 0 Å². The molecule has 0 unspecified atom stereocenters. The Labute approximate surface area is 107 Å². The van der Waals surface area contributed by atoms with Crippen LogP contribution in [-0.2, 0) is 6.54 Å². The predicted octanol–water partition coefficient (Wildman–Crippen LogP) is 2.76. The molecule has 0 bridgehead atoms. The number of aryl methyl sites for hydroxylation is 1. The first-order valence-corrected chi connectivity index (χ1v) is 6.12. The van der Waals surface area contributed by atoms with E-state index in [2.05, 4.69) is 53.5 Å². The van der Waals surface area contributed by atoms with Gasteiger partial charge in [-0.05, 0) is 19.1 Å². The number of nitrogens with one attached hydrogen (secondary N) is 1. The number of hydrogen-bond donors (Lipinski definition) is 1. The van der Waals surface area contributed by atoms with Crippen LogP contribution in [0, 0.1) is 6.92 Å². The second-order valence-corrected chi connectivity index (χ2v) is 4.45. The highest BCUT2D eigenvalue weighted by atomic mass is 32.1. The molecule has 2 nitrogen and oxygen atoms in total. The SMILES string of the molecule is Cc1ccc(C(=S)NCCn2cccc2)cc1. The van der Waals surface area contributed by atoms with Crippen molar-refractivity contribution in [3.63, 3.8) is 0 Å². The second-order valence-electron chi connectivity index (χ2n) is 4.04. The molecule has 0 atom stereocenters. The quantitative estimate of drug-likeness (QED) is 0.833. The molecule has 0 fully saturated rings. The fraction of sp³-hybridized carbons (Fsp3) is 0.214. The van der Waals surface area contributed by atoms with Gasteiger partial charge in [0.05, 0.1) is 0 Å². The summed E-state index contributed by atoms with van der Waals surface area (Å²) in [6.45, 7) is 3.85. The summed E-state index contributed by atoms with van der Waals surface area (Å²) in [5.74, 6) is 0. The van der Waals surface area contributed by atoms with Crippen molar-refractivity contribution in [3.8, 4) is 0 Å². The van der Waals surface area contributed by atoms with E-state index in [9.17, 15) is 0 Å². The molecule has 1 heterocycles. The fourth-order valence-electron chi connectivity index (χ4n) is 1.62. The molecule has 0 saturated carbocycles. The molecular formula is C14H16N2S. The minimum Gasteiger partial charge on any atom is -0.374 e. The molecule has 0 radical (unpaired) electrons. The Morgan fingerprint density at radius 1 is 1.18 bits per heavy atom. The van der Waals surface area contributed by atoms with E-state index in [0.717, 1.165) is 23.6 Å². The van der Waals surface area contributed by atoms with Crippen molar-refractivity contribution in [2.75, 3.05) is 6.54 Å². The smallest absolute Gasteiger partial charge is 0.106 e. The molecule has 0 aliphatic rings. The van der Waals surface area contributed by atoms with Gasteiger partial charge in [0, 0.05) is 31.0 Å². The van der Waals surface area contributed by atoms with Crippen molar-refractivity contribution in [1.82, 2.24) is 9.88 Å². The van der Waals surface area contributed by atoms with Gasteiger partial charge >= 0.3 is 0 Å². The summed E-state index contributed by atoms with van der Waals surface area (Å²) in [6.07, 6.45) is 4.10. The molecular weight excluding hydrogens is 228 g/mol. The maximum atomic E-state index is 5.34. The summed E-state index contributed by atoms with van der Waals surface area (Å²) < 4.78 is 2.13. The van der Waals surface area contributed by atoms with Gasteiger partial charge in [0.15, 0.2) is 0 Å². The van der Waals surface area contributed by atoms with Crippen molar-refractivity contribution in [1.29, 1.82) is 0 Å². The summed E-state index contributed by atoms with van der Waals surface area (Å²) in [5, 5.41) is 3.27. The molecule has 0 saturated heterocycles. The van der Waals surface area contributed by atoms with Gasteiger partial charge in [-0.3, -0.25) is 0 Å². The fourth-order valence-corrected chi connectivity index (χ4v) is 1.86. The highest BCUT2D eigenvalue weighted by molar-refractivity contribution is 7.80. The lowest BCUT2D eigenvalue weighted by atomic mass is 10.1. The van der Waals surface area contributed by atoms with E-state index in [4.69, 9.17) is 12.2 Å². The van der Waals surface area contributed by atoms with Crippen LogP contribution in [0.3, 0.4) is 0 Å². The van der Waals surface area contributed by atoms with Crippen molar-refractivity contribution < 1.29 is 0 Å². The Morgan fingerprint density at radius 2 is 1.82 bits per heavy atom. The van der Waals surface area contributed by atoms with Crippen LogP contribution in [0.4, 0.5) is 0 Å². The lowest BCUT2D eigenvalue weighted by Crippen LogP contribution is -2.26. The summed E-state index contributed by atoms with van der Waals surface area (Å²) in [6, 6.07) is 12.3. The number of nitrogens with zero attached hydrogens (tertiary/aromatic N) is 1. The Balaban J connectivity index is 1.83. The average Bonchev–Trinajstić information content (AvgIpc) is 2.83. The van der Waals surface area contributed by atoms with Gasteiger partial charge < -0.3 is 9.88 Å². The zero-order chi connectivity index (χ0) is 12.1. The molecule has 1 N–H and O–H groups in total. The number of hydrogen-bond acceptors (Lipinski definition) is 1. The molecule has 0 spiro atoms. The monoisotopic (exact) mass is 244 g/mol. The van der Waals surface area contributed by atoms with Crippen LogP contribution >= 0.6 is 12.2 Å². The minimum absolute atomic E-state index is 0.817. The first kappa shape index (κ1) is 11.9. The zero-order valence-corrected chi connectivity index (χ0v) is 10.7. The molecule has 0 aliphatic heterocycles. The summed E-state index contributed by atoms with van der Waals surface area (Å²) in [7, 11) is 0. The Morgan fingerprint density at radius 3 is 2.47 bits per heavy atom. The van der Waals surface area contributed by atoms with E-state index in [0.29, 0.717) is 0 Å². The zero-order valence-electron chi connectivity index (χ0n) is 9.89. The molecule has 1 aromatic heterocycles. The summed E-state index contributed by atoms with van der Waals surface area (Å²) >= 11 is 5.34. The lowest BCUT2D eigenvalue weighted by Gasteiger charge is -2.09. The van der Waals surface area contributed by atoms with Gasteiger partial charge in [-0.1, -0.05) is 42.0 Å². The molecule has 2 aromatic rings. The van der Waals surface area contributed by atoms with E-state index in [1.165, 1.54) is 5.56 Å². The van der Waals surface area contributed by atoms with Crippen LogP contribution in [0.25, 0.3) is 0 Å². The van der Waals surface area contributed by atoms with Gasteiger partial charge in [0.2, 0.25) is 0 Å². The summed E-state index contributed by atoms with van der Waals surface area (Å²) in [5.41, 5.74) is 2.34. The van der Waals surface area contributed by atoms with Crippen molar-refractivity contribution >= 4 is 17.2 Å². The minimum atomic E-state index is 0.817. The molecule has 88 valence electrons. The number of thiocarbonyl (C=S) groups is 1. The standard InChI is InChI=1S/C14H16N2S/c1-12-4-6-13(7-5-12)14(17)15-8-11-16-9-2-3-10-16/h2-7,9-10H,8,11H2,1H3,(H,15,17). The van der Waals surface area contributed by atoms with Crippen LogP contribution < -0.4 is 5.32 Å². The lowest BCUT2D eigenvalue weighted by molar-refractivity contribution is 0.680. The van der Waals surface area contributed by atoms with E-state index >= 15 is 0 Å². The normalized spacial score (nSPS) is 10.2. The van der Waals surface area contributed by atoms with Crippen molar-refractivity contribution in [2.24, 2.45) is 0 Å². The maximum Gasteiger partial charge on any atom is 0.106 e. The van der Waals surface area contributed by atoms with Crippen LogP contribution in [-0.4, -0.2) is 16.1 Å². The Kier molecular flexibility index (Phi) is 3.94. The highest BCUT2D eigenvalue weighted by Gasteiger charge is 1.99. The number of aromatic nitrogens is 1. The van der Waals surface area contributed by atoms with E-state index < -0.39 is 0 Å². The topological polar surface area (TPSA) is 17.0 Å². The van der Waals surface area contributed by atoms with Crippen molar-refractivity contribution in [3.05, 3.63) is 59.9 Å². The average molecular weight is 244 g/mol. The third kappa shape index (κ3) is 3.43. The molecule has 2 rings (SSSR count). The maximum absolute atomic E-state index is 5.34. The van der Waals surface area contributed by atoms with Gasteiger partial charge in [0.1, 0.15) is 4.99 Å². The number of rotatable bonds is 4. The molecule has 1 aromatic carbocycles. The van der Waals surface area contributed by atoms with Crippen LogP contribution in [0.2, 0.25) is 0 Å².